The second kappa shape index (κ2) is 3.05. The van der Waals surface area contributed by atoms with Crippen molar-refractivity contribution in [1.82, 2.24) is 9.59 Å². The van der Waals surface area contributed by atoms with E-state index in [1.54, 1.807) is 5.32 Å². The van der Waals surface area contributed by atoms with Crippen molar-refractivity contribution in [3.63, 3.8) is 0 Å². The molecule has 1 rings (SSSR count). The third-order valence-electron chi connectivity index (χ3n) is 0.941. The predicted octanol–water partition coefficient (Wildman–Crippen LogP) is 1.13. The van der Waals surface area contributed by atoms with E-state index in [2.05, 4.69) is 9.59 Å². The number of alkyl halides is 3. The van der Waals surface area contributed by atoms with E-state index in [-0.39, 0.29) is 17.9 Å². The number of nitrogens with zero attached hydrogens (tertiary/aromatic N) is 2. The Morgan fingerprint density at radius 3 is 2.67 bits per heavy atom. The Kier molecular flexibility index (Phi) is 2.27. The predicted molar refractivity (Wildman–Crippen MR) is 34.6 cm³/mol. The van der Waals surface area contributed by atoms with Gasteiger partial charge in [0.25, 0.3) is 0 Å². The number of carbonyl (C=O) groups is 1. The molecular weight excluding hydrogens is 195 g/mol. The van der Waals surface area contributed by atoms with Crippen molar-refractivity contribution in [1.29, 1.82) is 0 Å². The van der Waals surface area contributed by atoms with Crippen LogP contribution >= 0.6 is 11.5 Å². The molecule has 0 spiro atoms. The van der Waals surface area contributed by atoms with E-state index < -0.39 is 16.9 Å². The minimum Gasteiger partial charge on any atom is -0.311 e. The van der Waals surface area contributed by atoms with Gasteiger partial charge in [-0.05, 0) is 11.5 Å². The fourth-order valence-electron chi connectivity index (χ4n) is 0.527. The molecule has 8 heteroatoms. The topological polar surface area (TPSA) is 54.9 Å². The molecule has 0 aromatic carbocycles. The van der Waals surface area contributed by atoms with Crippen LogP contribution in [0.5, 0.6) is 0 Å². The number of carbonyl (C=O) groups excluding carboxylic acids is 1. The summed E-state index contributed by atoms with van der Waals surface area (Å²) in [5.74, 6) is -0.553. The number of halogens is 3. The lowest BCUT2D eigenvalue weighted by atomic mass is 10.5. The summed E-state index contributed by atoms with van der Waals surface area (Å²) in [5, 5.41) is 4.88. The van der Waals surface area contributed by atoms with Crippen LogP contribution in [0.4, 0.5) is 19.0 Å². The quantitative estimate of drug-likeness (QED) is 0.723. The minimum absolute atomic E-state index is 0.117. The van der Waals surface area contributed by atoms with Crippen LogP contribution in [0.15, 0.2) is 0 Å². The van der Waals surface area contributed by atoms with Crippen molar-refractivity contribution in [3.05, 3.63) is 4.88 Å². The average molecular weight is 197 g/mol. The molecule has 12 heavy (non-hydrogen) atoms. The van der Waals surface area contributed by atoms with Crippen LogP contribution in [0, 0.1) is 0 Å². The Balaban J connectivity index is 2.99. The van der Waals surface area contributed by atoms with Crippen LogP contribution in [-0.2, 0) is 11.0 Å². The molecule has 1 heterocycles. The number of amides is 1. The summed E-state index contributed by atoms with van der Waals surface area (Å²) in [6, 6.07) is 0. The number of hydrogen-bond donors (Lipinski definition) is 1. The minimum atomic E-state index is -4.51. The summed E-state index contributed by atoms with van der Waals surface area (Å²) < 4.78 is 39.0. The summed E-state index contributed by atoms with van der Waals surface area (Å²) in [7, 11) is 0. The van der Waals surface area contributed by atoms with Crippen LogP contribution in [0.3, 0.4) is 0 Å². The Bertz CT molecular complexity index is 283. The van der Waals surface area contributed by atoms with Gasteiger partial charge in [-0.1, -0.05) is 4.49 Å². The summed E-state index contributed by atoms with van der Waals surface area (Å²) in [6.07, 6.45) is -4.40. The molecule has 0 saturated carbocycles. The Labute approximate surface area is 68.6 Å². The first-order valence-corrected chi connectivity index (χ1v) is 3.43. The molecule has 0 aliphatic heterocycles. The lowest BCUT2D eigenvalue weighted by Gasteiger charge is -2.02. The van der Waals surface area contributed by atoms with E-state index in [1.807, 2.05) is 0 Å². The van der Waals surface area contributed by atoms with Gasteiger partial charge in [-0.15, -0.1) is 5.10 Å². The maximum atomic E-state index is 12.0. The largest absolute Gasteiger partial charge is 0.430 e. The number of hydrogen-bond acceptors (Lipinski definition) is 4. The van der Waals surface area contributed by atoms with Gasteiger partial charge in [-0.25, -0.2) is 0 Å². The molecule has 0 aliphatic carbocycles. The number of nitrogens with one attached hydrogen (secondary N) is 1. The maximum absolute atomic E-state index is 12.0. The van der Waals surface area contributed by atoms with Crippen LogP contribution < -0.4 is 5.32 Å². The second-order valence-corrected chi connectivity index (χ2v) is 2.46. The Hall–Kier alpha value is -1.18. The summed E-state index contributed by atoms with van der Waals surface area (Å²) in [6.45, 7) is 0. The molecule has 4 nitrogen and oxygen atoms in total. The smallest absolute Gasteiger partial charge is 0.311 e. The van der Waals surface area contributed by atoms with E-state index in [4.69, 9.17) is 0 Å². The van der Waals surface area contributed by atoms with Gasteiger partial charge in [-0.2, -0.15) is 13.2 Å². The van der Waals surface area contributed by atoms with E-state index in [0.717, 1.165) is 0 Å². The van der Waals surface area contributed by atoms with E-state index >= 15 is 0 Å². The fourth-order valence-corrected chi connectivity index (χ4v) is 1.02. The molecule has 0 aliphatic rings. The van der Waals surface area contributed by atoms with Crippen molar-refractivity contribution >= 4 is 23.8 Å². The first-order chi connectivity index (χ1) is 5.55. The Morgan fingerprint density at radius 2 is 2.17 bits per heavy atom. The van der Waals surface area contributed by atoms with E-state index in [0.29, 0.717) is 0 Å². The van der Waals surface area contributed by atoms with Crippen molar-refractivity contribution in [2.45, 2.75) is 6.18 Å². The molecule has 0 fully saturated rings. The highest BCUT2D eigenvalue weighted by molar-refractivity contribution is 7.06. The zero-order chi connectivity index (χ0) is 9.19. The average Bonchev–Trinajstić information content (AvgIpc) is 2.34. The molecule has 1 aromatic heterocycles. The van der Waals surface area contributed by atoms with Gasteiger partial charge in [-0.3, -0.25) is 4.79 Å². The summed E-state index contributed by atoms with van der Waals surface area (Å²) in [5.41, 5.74) is 0. The normalized spacial score (nSPS) is 11.2. The molecule has 0 radical (unpaired) electrons. The third kappa shape index (κ3) is 1.70. The standard InChI is InChI=1S/C4H2F3N3OS/c5-4(6,7)2-3(8-1-11)9-10-12-2/h1H,(H,8,11). The van der Waals surface area contributed by atoms with E-state index in [1.165, 1.54) is 0 Å². The second-order valence-electron chi connectivity index (χ2n) is 1.71. The van der Waals surface area contributed by atoms with Gasteiger partial charge < -0.3 is 5.32 Å². The third-order valence-corrected chi connectivity index (χ3v) is 1.71. The zero-order valence-corrected chi connectivity index (χ0v) is 6.24. The zero-order valence-electron chi connectivity index (χ0n) is 5.42. The van der Waals surface area contributed by atoms with Gasteiger partial charge in [0.05, 0.1) is 0 Å². The number of aromatic nitrogens is 2. The number of rotatable bonds is 2. The molecule has 0 atom stereocenters. The molecule has 0 unspecified atom stereocenters. The molecule has 1 amide bonds. The molecule has 66 valence electrons. The maximum Gasteiger partial charge on any atom is 0.430 e. The highest BCUT2D eigenvalue weighted by atomic mass is 32.1. The lowest BCUT2D eigenvalue weighted by Crippen LogP contribution is -2.07. The Morgan fingerprint density at radius 1 is 1.50 bits per heavy atom. The van der Waals surface area contributed by atoms with Gasteiger partial charge in [0.15, 0.2) is 10.7 Å². The van der Waals surface area contributed by atoms with Gasteiger partial charge in [0.1, 0.15) is 0 Å². The number of anilines is 1. The first kappa shape index (κ1) is 8.91. The van der Waals surface area contributed by atoms with Crippen molar-refractivity contribution in [3.8, 4) is 0 Å². The van der Waals surface area contributed by atoms with Gasteiger partial charge in [0, 0.05) is 0 Å². The van der Waals surface area contributed by atoms with Crippen LogP contribution in [-0.4, -0.2) is 16.0 Å². The van der Waals surface area contributed by atoms with Gasteiger partial charge in [0.2, 0.25) is 6.41 Å². The highest BCUT2D eigenvalue weighted by Crippen LogP contribution is 2.35. The summed E-state index contributed by atoms with van der Waals surface area (Å²) >= 11 is 0.189. The molecular formula is C4H2F3N3OS. The monoisotopic (exact) mass is 197 g/mol. The highest BCUT2D eigenvalue weighted by Gasteiger charge is 2.37. The molecule has 0 bridgehead atoms. The van der Waals surface area contributed by atoms with Crippen molar-refractivity contribution < 1.29 is 18.0 Å². The van der Waals surface area contributed by atoms with Crippen LogP contribution in [0.25, 0.3) is 0 Å². The lowest BCUT2D eigenvalue weighted by molar-refractivity contribution is -0.133. The van der Waals surface area contributed by atoms with Crippen LogP contribution in [0.1, 0.15) is 4.88 Å². The van der Waals surface area contributed by atoms with Crippen molar-refractivity contribution in [2.75, 3.05) is 5.32 Å². The molecule has 1 aromatic rings. The van der Waals surface area contributed by atoms with Gasteiger partial charge >= 0.3 is 6.18 Å². The SMILES string of the molecule is O=CNc1nnsc1C(F)(F)F. The first-order valence-electron chi connectivity index (χ1n) is 2.65. The molecule has 1 N–H and O–H groups in total. The molecule has 0 saturated heterocycles. The van der Waals surface area contributed by atoms with Crippen LogP contribution in [0.2, 0.25) is 0 Å². The van der Waals surface area contributed by atoms with E-state index in [9.17, 15) is 18.0 Å². The summed E-state index contributed by atoms with van der Waals surface area (Å²) in [4.78, 5) is 8.80. The van der Waals surface area contributed by atoms with Crippen molar-refractivity contribution in [2.24, 2.45) is 0 Å². The fraction of sp³-hybridized carbons (Fsp3) is 0.250.